The van der Waals surface area contributed by atoms with E-state index in [0.29, 0.717) is 37.7 Å². The topological polar surface area (TPSA) is 59.4 Å². The number of likely N-dealkylation sites (tertiary alicyclic amines) is 1. The van der Waals surface area contributed by atoms with Crippen LogP contribution in [0.3, 0.4) is 0 Å². The van der Waals surface area contributed by atoms with E-state index in [1.54, 1.807) is 0 Å². The Hall–Kier alpha value is -1.70. The Bertz CT molecular complexity index is 667. The van der Waals surface area contributed by atoms with Gasteiger partial charge in [0.15, 0.2) is 0 Å². The first-order valence-corrected chi connectivity index (χ1v) is 10.0. The highest BCUT2D eigenvalue weighted by Crippen LogP contribution is 2.37. The summed E-state index contributed by atoms with van der Waals surface area (Å²) in [6.07, 6.45) is 2.19. The number of carbonyl (C=O) groups is 1. The number of rotatable bonds is 4. The minimum atomic E-state index is -2.43. The van der Waals surface area contributed by atoms with Gasteiger partial charge in [-0.1, -0.05) is 0 Å². The summed E-state index contributed by atoms with van der Waals surface area (Å²) >= 11 is 0. The lowest BCUT2D eigenvalue weighted by molar-refractivity contribution is -0.135. The fourth-order valence-electron chi connectivity index (χ4n) is 4.69. The van der Waals surface area contributed by atoms with Crippen LogP contribution in [0.5, 0.6) is 0 Å². The summed E-state index contributed by atoms with van der Waals surface area (Å²) in [4.78, 5) is 14.4. The van der Waals surface area contributed by atoms with Crippen molar-refractivity contribution in [1.29, 1.82) is 0 Å². The number of aromatic nitrogens is 2. The van der Waals surface area contributed by atoms with E-state index in [1.807, 2.05) is 17.9 Å². The number of piperidine rings is 1. The molecule has 4 heterocycles. The summed E-state index contributed by atoms with van der Waals surface area (Å²) in [5.41, 5.74) is 0.748. The fraction of sp³-hybridized carbons (Fsp3) is 0.789. The maximum absolute atomic E-state index is 13.6. The summed E-state index contributed by atoms with van der Waals surface area (Å²) in [7, 11) is 0. The summed E-state index contributed by atoms with van der Waals surface area (Å²) < 4.78 is 34.1. The molecule has 3 atom stereocenters. The highest BCUT2D eigenvalue weighted by Gasteiger charge is 2.38. The van der Waals surface area contributed by atoms with E-state index in [0.717, 1.165) is 38.0 Å². The smallest absolute Gasteiger partial charge is 0.260 e. The van der Waals surface area contributed by atoms with Crippen molar-refractivity contribution < 1.29 is 18.3 Å². The minimum Gasteiger partial charge on any atom is -0.378 e. The number of halogens is 2. The lowest BCUT2D eigenvalue weighted by Gasteiger charge is -2.40. The number of anilines is 1. The first-order chi connectivity index (χ1) is 13.0. The molecular weight excluding hydrogens is 354 g/mol. The zero-order valence-corrected chi connectivity index (χ0v) is 15.7. The molecule has 1 N–H and O–H groups in total. The molecule has 2 fully saturated rings. The van der Waals surface area contributed by atoms with Gasteiger partial charge in [0.1, 0.15) is 11.9 Å². The van der Waals surface area contributed by atoms with Crippen LogP contribution in [0.2, 0.25) is 0 Å². The number of nitrogens with one attached hydrogen (secondary N) is 1. The molecule has 8 heteroatoms. The predicted octanol–water partition coefficient (Wildman–Crippen LogP) is 2.99. The Morgan fingerprint density at radius 3 is 2.81 bits per heavy atom. The van der Waals surface area contributed by atoms with E-state index >= 15 is 0 Å². The summed E-state index contributed by atoms with van der Waals surface area (Å²) in [6.45, 7) is 3.98. The molecule has 0 aliphatic carbocycles. The zero-order chi connectivity index (χ0) is 19.0. The first-order valence-electron chi connectivity index (χ1n) is 10.0. The fourth-order valence-corrected chi connectivity index (χ4v) is 4.69. The van der Waals surface area contributed by atoms with Crippen molar-refractivity contribution >= 4 is 11.7 Å². The van der Waals surface area contributed by atoms with Crippen LogP contribution in [0.4, 0.5) is 14.6 Å². The second kappa shape index (κ2) is 7.73. The second-order valence-corrected chi connectivity index (χ2v) is 8.06. The van der Waals surface area contributed by atoms with E-state index in [-0.39, 0.29) is 18.1 Å². The molecule has 0 aromatic carbocycles. The van der Waals surface area contributed by atoms with Crippen molar-refractivity contribution in [2.24, 2.45) is 5.92 Å². The minimum absolute atomic E-state index is 0.00279. The normalized spacial score (nSPS) is 29.0. The van der Waals surface area contributed by atoms with Gasteiger partial charge < -0.3 is 15.0 Å². The van der Waals surface area contributed by atoms with Crippen LogP contribution in [0, 0.1) is 12.8 Å². The van der Waals surface area contributed by atoms with Gasteiger partial charge in [-0.15, -0.1) is 0 Å². The van der Waals surface area contributed by atoms with Crippen LogP contribution in [0.15, 0.2) is 6.07 Å². The molecule has 0 radical (unpaired) electrons. The number of amides is 1. The van der Waals surface area contributed by atoms with Crippen LogP contribution < -0.4 is 5.32 Å². The number of fused-ring (bicyclic) bond motifs is 1. The van der Waals surface area contributed by atoms with Gasteiger partial charge in [0.05, 0.1) is 18.2 Å². The zero-order valence-electron chi connectivity index (χ0n) is 15.7. The Labute approximate surface area is 158 Å². The maximum atomic E-state index is 13.6. The molecule has 0 spiro atoms. The summed E-state index contributed by atoms with van der Waals surface area (Å²) in [5, 5.41) is 7.65. The van der Waals surface area contributed by atoms with Gasteiger partial charge in [-0.05, 0) is 44.9 Å². The monoisotopic (exact) mass is 382 g/mol. The largest absolute Gasteiger partial charge is 0.378 e. The molecule has 3 aliphatic heterocycles. The molecule has 1 aromatic rings. The van der Waals surface area contributed by atoms with Crippen molar-refractivity contribution in [1.82, 2.24) is 14.7 Å². The number of aryl methyl sites for hydroxylation is 1. The van der Waals surface area contributed by atoms with Gasteiger partial charge in [0.2, 0.25) is 5.91 Å². The van der Waals surface area contributed by atoms with Crippen LogP contribution in [0.1, 0.15) is 50.3 Å². The molecular formula is C19H28F2N4O2. The lowest BCUT2D eigenvalue weighted by atomic mass is 9.85. The Balaban J connectivity index is 1.34. The van der Waals surface area contributed by atoms with Crippen LogP contribution in [0.25, 0.3) is 0 Å². The maximum Gasteiger partial charge on any atom is 0.260 e. The average Bonchev–Trinajstić information content (AvgIpc) is 3.29. The van der Waals surface area contributed by atoms with E-state index in [1.165, 1.54) is 4.68 Å². The molecule has 1 aromatic heterocycles. The number of hydrogen-bond acceptors (Lipinski definition) is 4. The van der Waals surface area contributed by atoms with Crippen LogP contribution in [-0.4, -0.2) is 58.9 Å². The van der Waals surface area contributed by atoms with Crippen molar-refractivity contribution in [3.63, 3.8) is 0 Å². The average molecular weight is 382 g/mol. The third-order valence-corrected chi connectivity index (χ3v) is 6.18. The van der Waals surface area contributed by atoms with Gasteiger partial charge in [-0.2, -0.15) is 5.10 Å². The third kappa shape index (κ3) is 3.95. The lowest BCUT2D eigenvalue weighted by Crippen LogP contribution is -2.46. The molecule has 2 saturated heterocycles. The van der Waals surface area contributed by atoms with Gasteiger partial charge in [0.25, 0.3) is 6.43 Å². The van der Waals surface area contributed by atoms with Gasteiger partial charge in [0, 0.05) is 31.8 Å². The van der Waals surface area contributed by atoms with Crippen molar-refractivity contribution in [2.75, 3.05) is 25.0 Å². The molecule has 1 amide bonds. The molecule has 6 nitrogen and oxygen atoms in total. The van der Waals surface area contributed by atoms with E-state index in [4.69, 9.17) is 4.74 Å². The van der Waals surface area contributed by atoms with E-state index in [9.17, 15) is 13.6 Å². The SMILES string of the molecule is Cc1cc2n(n1)[C@@H](C(F)F)C[C@@H](C1CCN(C(=O)CC3CCCO3)CC1)N2. The standard InChI is InChI=1S/C19H28F2N4O2/c1-12-9-17-22-15(11-16(19(20)21)25(17)23-12)13-4-6-24(7-5-13)18(26)10-14-3-2-8-27-14/h9,13-16,19,22H,2-8,10-11H2,1H3/t14?,15-,16+/m0/s1. The molecule has 27 heavy (non-hydrogen) atoms. The first kappa shape index (κ1) is 18.7. The van der Waals surface area contributed by atoms with Gasteiger partial charge in [-0.3, -0.25) is 4.79 Å². The molecule has 0 bridgehead atoms. The summed E-state index contributed by atoms with van der Waals surface area (Å²) in [5.74, 6) is 1.14. The summed E-state index contributed by atoms with van der Waals surface area (Å²) in [6, 6.07) is 0.962. The third-order valence-electron chi connectivity index (χ3n) is 6.18. The molecule has 3 aliphatic rings. The van der Waals surface area contributed by atoms with Crippen LogP contribution >= 0.6 is 0 Å². The highest BCUT2D eigenvalue weighted by molar-refractivity contribution is 5.76. The van der Waals surface area contributed by atoms with E-state index < -0.39 is 12.5 Å². The predicted molar refractivity (Wildman–Crippen MR) is 96.9 cm³/mol. The quantitative estimate of drug-likeness (QED) is 0.870. The molecule has 0 saturated carbocycles. The van der Waals surface area contributed by atoms with Crippen molar-refractivity contribution in [3.8, 4) is 0 Å². The Morgan fingerprint density at radius 2 is 2.15 bits per heavy atom. The van der Waals surface area contributed by atoms with E-state index in [2.05, 4.69) is 10.4 Å². The molecule has 4 rings (SSSR count). The Morgan fingerprint density at radius 1 is 1.37 bits per heavy atom. The van der Waals surface area contributed by atoms with Gasteiger partial charge >= 0.3 is 0 Å². The molecule has 1 unspecified atom stereocenters. The number of carbonyl (C=O) groups excluding carboxylic acids is 1. The number of hydrogen-bond donors (Lipinski definition) is 1. The number of alkyl halides is 2. The molecule has 150 valence electrons. The highest BCUT2D eigenvalue weighted by atomic mass is 19.3. The number of nitrogens with zero attached hydrogens (tertiary/aromatic N) is 3. The van der Waals surface area contributed by atoms with Crippen LogP contribution in [-0.2, 0) is 9.53 Å². The second-order valence-electron chi connectivity index (χ2n) is 8.06. The van der Waals surface area contributed by atoms with Crippen molar-refractivity contribution in [3.05, 3.63) is 11.8 Å². The van der Waals surface area contributed by atoms with Gasteiger partial charge in [-0.25, -0.2) is 13.5 Å². The number of ether oxygens (including phenoxy) is 1. The Kier molecular flexibility index (Phi) is 5.34. The van der Waals surface area contributed by atoms with Crippen molar-refractivity contribution in [2.45, 2.75) is 70.1 Å².